The van der Waals surface area contributed by atoms with Gasteiger partial charge in [-0.25, -0.2) is 0 Å². The van der Waals surface area contributed by atoms with Crippen molar-refractivity contribution in [3.63, 3.8) is 0 Å². The number of rotatable bonds is 7. The number of ether oxygens (including phenoxy) is 2. The summed E-state index contributed by atoms with van der Waals surface area (Å²) in [4.78, 5) is 27.7. The van der Waals surface area contributed by atoms with E-state index in [1.807, 2.05) is 25.1 Å². The minimum atomic E-state index is -0.784. The van der Waals surface area contributed by atoms with Crippen LogP contribution >= 0.6 is 0 Å². The van der Waals surface area contributed by atoms with Crippen LogP contribution in [-0.4, -0.2) is 49.1 Å². The summed E-state index contributed by atoms with van der Waals surface area (Å²) >= 11 is 0. The number of carbonyl (C=O) groups is 2. The fraction of sp³-hybridized carbons (Fsp3) is 0.667. The third-order valence-corrected chi connectivity index (χ3v) is 7.31. The maximum absolute atomic E-state index is 13.3. The summed E-state index contributed by atoms with van der Waals surface area (Å²) < 4.78 is 10.7. The minimum Gasteiger partial charge on any atom is -0.493 e. The Labute approximate surface area is 180 Å². The lowest BCUT2D eigenvalue weighted by molar-refractivity contribution is -0.141. The maximum Gasteiger partial charge on any atom is 0.245 e. The number of carbonyl (C=O) groups excluding carboxylic acids is 2. The lowest BCUT2D eigenvalue weighted by atomic mass is 9.77. The molecule has 6 heteroatoms. The van der Waals surface area contributed by atoms with Crippen LogP contribution in [0, 0.1) is 11.8 Å². The van der Waals surface area contributed by atoms with Gasteiger partial charge in [-0.2, -0.15) is 0 Å². The topological polar surface area (TPSA) is 67.9 Å². The Kier molecular flexibility index (Phi) is 6.94. The first-order valence-electron chi connectivity index (χ1n) is 11.1. The zero-order valence-corrected chi connectivity index (χ0v) is 19.0. The van der Waals surface area contributed by atoms with Gasteiger partial charge in [-0.1, -0.05) is 32.8 Å². The molecule has 2 amide bonds. The maximum atomic E-state index is 13.3. The number of hydrogen-bond acceptors (Lipinski definition) is 4. The average molecular weight is 417 g/mol. The molecular weight excluding hydrogens is 380 g/mol. The van der Waals surface area contributed by atoms with Crippen LogP contribution in [0.1, 0.15) is 58.4 Å². The van der Waals surface area contributed by atoms with Gasteiger partial charge in [-0.05, 0) is 55.7 Å². The van der Waals surface area contributed by atoms with E-state index in [-0.39, 0.29) is 17.9 Å². The second kappa shape index (κ2) is 9.27. The molecule has 1 N–H and O–H groups in total. The molecule has 4 unspecified atom stereocenters. The summed E-state index contributed by atoms with van der Waals surface area (Å²) in [6, 6.07) is 5.98. The second-order valence-corrected chi connectivity index (χ2v) is 9.11. The van der Waals surface area contributed by atoms with Crippen LogP contribution in [0.25, 0.3) is 0 Å². The molecule has 2 fully saturated rings. The van der Waals surface area contributed by atoms with Gasteiger partial charge in [0.15, 0.2) is 11.5 Å². The highest BCUT2D eigenvalue weighted by molar-refractivity contribution is 5.94. The zero-order chi connectivity index (χ0) is 21.9. The second-order valence-electron chi connectivity index (χ2n) is 9.11. The van der Waals surface area contributed by atoms with Crippen molar-refractivity contribution in [3.8, 4) is 11.5 Å². The average Bonchev–Trinajstić information content (AvgIpc) is 3.04. The molecule has 4 atom stereocenters. The van der Waals surface area contributed by atoms with Crippen LogP contribution in [0.5, 0.6) is 11.5 Å². The summed E-state index contributed by atoms with van der Waals surface area (Å²) in [5.41, 5.74) is 0.262. The predicted molar refractivity (Wildman–Crippen MR) is 117 cm³/mol. The smallest absolute Gasteiger partial charge is 0.245 e. The fourth-order valence-electron chi connectivity index (χ4n) is 4.89. The highest BCUT2D eigenvalue weighted by Crippen LogP contribution is 2.34. The van der Waals surface area contributed by atoms with Crippen molar-refractivity contribution in [2.24, 2.45) is 11.8 Å². The Bertz CT molecular complexity index is 780. The molecule has 0 spiro atoms. The van der Waals surface area contributed by atoms with Gasteiger partial charge in [0.2, 0.25) is 11.8 Å². The van der Waals surface area contributed by atoms with Gasteiger partial charge >= 0.3 is 0 Å². The van der Waals surface area contributed by atoms with E-state index in [0.717, 1.165) is 18.4 Å². The van der Waals surface area contributed by atoms with E-state index in [1.165, 1.54) is 6.42 Å². The Balaban J connectivity index is 1.69. The number of benzene rings is 1. The van der Waals surface area contributed by atoms with E-state index in [2.05, 4.69) is 19.2 Å². The van der Waals surface area contributed by atoms with Crippen molar-refractivity contribution >= 4 is 11.8 Å². The van der Waals surface area contributed by atoms with Gasteiger partial charge in [-0.15, -0.1) is 0 Å². The van der Waals surface area contributed by atoms with Crippen LogP contribution in [0.2, 0.25) is 0 Å². The largest absolute Gasteiger partial charge is 0.493 e. The van der Waals surface area contributed by atoms with E-state index in [1.54, 1.807) is 19.1 Å². The molecular formula is C24H36N2O4. The van der Waals surface area contributed by atoms with Gasteiger partial charge in [-0.3, -0.25) is 9.59 Å². The molecule has 0 aromatic heterocycles. The van der Waals surface area contributed by atoms with Crippen LogP contribution in [0.15, 0.2) is 18.2 Å². The van der Waals surface area contributed by atoms with E-state index in [9.17, 15) is 9.59 Å². The first kappa shape index (κ1) is 22.4. The van der Waals surface area contributed by atoms with E-state index < -0.39 is 5.54 Å². The molecule has 6 nitrogen and oxygen atoms in total. The van der Waals surface area contributed by atoms with Crippen molar-refractivity contribution in [1.82, 2.24) is 10.2 Å². The lowest BCUT2D eigenvalue weighted by Crippen LogP contribution is -2.58. The predicted octanol–water partition coefficient (Wildman–Crippen LogP) is 3.57. The summed E-state index contributed by atoms with van der Waals surface area (Å²) in [7, 11) is 3.22. The standard InChI is InChI=1S/C24H36N2O4/c1-16-7-6-8-19(17(16)2)25-23(28)24(3)13-11-22(27)26(24)14-12-18-9-10-20(29-4)21(15-18)30-5/h9-10,15-17,19H,6-8,11-14H2,1-5H3,(H,25,28). The minimum absolute atomic E-state index is 0.00777. The first-order chi connectivity index (χ1) is 14.3. The zero-order valence-electron chi connectivity index (χ0n) is 19.0. The molecule has 1 aromatic carbocycles. The molecule has 1 heterocycles. The molecule has 1 saturated carbocycles. The lowest BCUT2D eigenvalue weighted by Gasteiger charge is -2.39. The highest BCUT2D eigenvalue weighted by atomic mass is 16.5. The normalized spacial score (nSPS) is 29.0. The number of nitrogens with one attached hydrogen (secondary N) is 1. The molecule has 1 aliphatic carbocycles. The number of amides is 2. The number of likely N-dealkylation sites (tertiary alicyclic amines) is 1. The monoisotopic (exact) mass is 416 g/mol. The number of methoxy groups -OCH3 is 2. The van der Waals surface area contributed by atoms with Crippen LogP contribution in [0.4, 0.5) is 0 Å². The SMILES string of the molecule is COc1ccc(CCN2C(=O)CCC2(C)C(=O)NC2CCCC(C)C2C)cc1OC. The van der Waals surface area contributed by atoms with Gasteiger partial charge in [0.25, 0.3) is 0 Å². The van der Waals surface area contributed by atoms with Gasteiger partial charge in [0.05, 0.1) is 14.2 Å². The van der Waals surface area contributed by atoms with Crippen LogP contribution < -0.4 is 14.8 Å². The van der Waals surface area contributed by atoms with E-state index >= 15 is 0 Å². The van der Waals surface area contributed by atoms with Crippen molar-refractivity contribution in [2.45, 2.75) is 70.9 Å². The molecule has 2 aliphatic rings. The molecule has 3 rings (SSSR count). The third kappa shape index (κ3) is 4.42. The number of hydrogen-bond donors (Lipinski definition) is 1. The van der Waals surface area contributed by atoms with E-state index in [0.29, 0.717) is 49.1 Å². The van der Waals surface area contributed by atoms with E-state index in [4.69, 9.17) is 9.47 Å². The van der Waals surface area contributed by atoms with Crippen LogP contribution in [0.3, 0.4) is 0 Å². The Morgan fingerprint density at radius 3 is 2.63 bits per heavy atom. The summed E-state index contributed by atoms with van der Waals surface area (Å²) in [5.74, 6) is 2.47. The van der Waals surface area contributed by atoms with Crippen molar-refractivity contribution < 1.29 is 19.1 Å². The Morgan fingerprint density at radius 2 is 1.93 bits per heavy atom. The van der Waals surface area contributed by atoms with Crippen molar-refractivity contribution in [1.29, 1.82) is 0 Å². The van der Waals surface area contributed by atoms with Crippen molar-refractivity contribution in [3.05, 3.63) is 23.8 Å². The fourth-order valence-corrected chi connectivity index (χ4v) is 4.89. The quantitative estimate of drug-likeness (QED) is 0.738. The number of nitrogens with zero attached hydrogens (tertiary/aromatic N) is 1. The highest BCUT2D eigenvalue weighted by Gasteiger charge is 2.47. The Morgan fingerprint density at radius 1 is 1.20 bits per heavy atom. The first-order valence-corrected chi connectivity index (χ1v) is 11.1. The molecule has 30 heavy (non-hydrogen) atoms. The Hall–Kier alpha value is -2.24. The molecule has 0 radical (unpaired) electrons. The summed E-state index contributed by atoms with van der Waals surface area (Å²) in [5, 5.41) is 3.29. The van der Waals surface area contributed by atoms with Gasteiger partial charge in [0, 0.05) is 19.0 Å². The summed E-state index contributed by atoms with van der Waals surface area (Å²) in [6.45, 7) is 6.92. The molecule has 1 saturated heterocycles. The molecule has 166 valence electrons. The molecule has 1 aromatic rings. The van der Waals surface area contributed by atoms with Crippen LogP contribution in [-0.2, 0) is 16.0 Å². The third-order valence-electron chi connectivity index (χ3n) is 7.31. The molecule has 1 aliphatic heterocycles. The van der Waals surface area contributed by atoms with Crippen molar-refractivity contribution in [2.75, 3.05) is 20.8 Å². The molecule has 0 bridgehead atoms. The van der Waals surface area contributed by atoms with Gasteiger partial charge in [0.1, 0.15) is 5.54 Å². The van der Waals surface area contributed by atoms with Gasteiger partial charge < -0.3 is 19.7 Å². The summed E-state index contributed by atoms with van der Waals surface area (Å²) in [6.07, 6.45) is 5.04.